The fourth-order valence-electron chi connectivity index (χ4n) is 1.65. The van der Waals surface area contributed by atoms with Crippen LogP contribution in [0.25, 0.3) is 0 Å². The van der Waals surface area contributed by atoms with Crippen molar-refractivity contribution < 1.29 is 14.3 Å². The number of benzene rings is 1. The van der Waals surface area contributed by atoms with E-state index in [1.165, 1.54) is 17.6 Å². The highest BCUT2D eigenvalue weighted by molar-refractivity contribution is 7.99. The second-order valence-electron chi connectivity index (χ2n) is 4.40. The van der Waals surface area contributed by atoms with Crippen molar-refractivity contribution in [3.63, 3.8) is 0 Å². The van der Waals surface area contributed by atoms with E-state index in [0.717, 1.165) is 4.90 Å². The van der Waals surface area contributed by atoms with Crippen LogP contribution < -0.4 is 0 Å². The molecule has 0 aliphatic carbocycles. The van der Waals surface area contributed by atoms with Gasteiger partial charge in [-0.1, -0.05) is 17.7 Å². The van der Waals surface area contributed by atoms with Crippen molar-refractivity contribution in [2.45, 2.75) is 25.2 Å². The minimum atomic E-state index is -0.383. The molecule has 20 heavy (non-hydrogen) atoms. The van der Waals surface area contributed by atoms with E-state index in [-0.39, 0.29) is 18.4 Å². The standard InChI is InChI=1S/C15H21NO3S/c1-4-16(11-15(18)19-3)14(17)9-10-20-13-7-5-12(2)6-8-13/h5-8H,4,9-11H2,1-3H3. The van der Waals surface area contributed by atoms with E-state index >= 15 is 0 Å². The molecule has 0 radical (unpaired) electrons. The number of esters is 1. The second-order valence-corrected chi connectivity index (χ2v) is 5.56. The molecule has 0 aliphatic rings. The number of ether oxygens (including phenoxy) is 1. The third-order valence-electron chi connectivity index (χ3n) is 2.89. The molecule has 0 heterocycles. The molecule has 0 fully saturated rings. The van der Waals surface area contributed by atoms with Crippen molar-refractivity contribution in [2.24, 2.45) is 0 Å². The zero-order chi connectivity index (χ0) is 15.0. The summed E-state index contributed by atoms with van der Waals surface area (Å²) >= 11 is 1.65. The van der Waals surface area contributed by atoms with Crippen LogP contribution in [0.1, 0.15) is 18.9 Å². The summed E-state index contributed by atoms with van der Waals surface area (Å²) in [4.78, 5) is 25.8. The van der Waals surface area contributed by atoms with Gasteiger partial charge in [0.25, 0.3) is 0 Å². The van der Waals surface area contributed by atoms with Gasteiger partial charge in [0.2, 0.25) is 5.91 Å². The predicted octanol–water partition coefficient (Wildman–Crippen LogP) is 2.50. The van der Waals surface area contributed by atoms with Crippen LogP contribution >= 0.6 is 11.8 Å². The number of thioether (sulfide) groups is 1. The summed E-state index contributed by atoms with van der Waals surface area (Å²) < 4.78 is 4.58. The van der Waals surface area contributed by atoms with Crippen LogP contribution in [-0.4, -0.2) is 42.7 Å². The summed E-state index contributed by atoms with van der Waals surface area (Å²) in [5.41, 5.74) is 1.22. The van der Waals surface area contributed by atoms with Crippen LogP contribution in [0.15, 0.2) is 29.2 Å². The summed E-state index contributed by atoms with van der Waals surface area (Å²) in [5.74, 6) is 0.309. The van der Waals surface area contributed by atoms with Gasteiger partial charge in [-0.3, -0.25) is 9.59 Å². The summed E-state index contributed by atoms with van der Waals surface area (Å²) in [7, 11) is 1.33. The molecular formula is C15H21NO3S. The van der Waals surface area contributed by atoms with Crippen LogP contribution in [0.3, 0.4) is 0 Å². The van der Waals surface area contributed by atoms with Crippen molar-refractivity contribution in [2.75, 3.05) is 26.0 Å². The summed E-state index contributed by atoms with van der Waals surface area (Å²) in [6.45, 7) is 4.45. The number of rotatable bonds is 7. The van der Waals surface area contributed by atoms with Crippen LogP contribution in [0.2, 0.25) is 0 Å². The van der Waals surface area contributed by atoms with E-state index in [1.54, 1.807) is 11.8 Å². The Morgan fingerprint density at radius 3 is 2.45 bits per heavy atom. The van der Waals surface area contributed by atoms with E-state index in [1.807, 2.05) is 13.8 Å². The van der Waals surface area contributed by atoms with E-state index in [2.05, 4.69) is 29.0 Å². The lowest BCUT2D eigenvalue weighted by molar-refractivity contribution is -0.146. The topological polar surface area (TPSA) is 46.6 Å². The smallest absolute Gasteiger partial charge is 0.325 e. The van der Waals surface area contributed by atoms with Crippen molar-refractivity contribution in [3.05, 3.63) is 29.8 Å². The van der Waals surface area contributed by atoms with Crippen LogP contribution in [0, 0.1) is 6.92 Å². The molecule has 4 nitrogen and oxygen atoms in total. The zero-order valence-corrected chi connectivity index (χ0v) is 13.0. The van der Waals surface area contributed by atoms with Gasteiger partial charge in [0.05, 0.1) is 7.11 Å². The van der Waals surface area contributed by atoms with Gasteiger partial charge in [0, 0.05) is 23.6 Å². The molecule has 0 N–H and O–H groups in total. The fourth-order valence-corrected chi connectivity index (χ4v) is 2.49. The normalized spacial score (nSPS) is 10.2. The zero-order valence-electron chi connectivity index (χ0n) is 12.2. The van der Waals surface area contributed by atoms with Crippen LogP contribution in [-0.2, 0) is 14.3 Å². The predicted molar refractivity (Wildman–Crippen MR) is 80.8 cm³/mol. The Bertz CT molecular complexity index is 445. The Labute approximate surface area is 124 Å². The fraction of sp³-hybridized carbons (Fsp3) is 0.467. The highest BCUT2D eigenvalue weighted by Crippen LogP contribution is 2.19. The number of methoxy groups -OCH3 is 1. The first-order valence-electron chi connectivity index (χ1n) is 6.61. The Morgan fingerprint density at radius 1 is 1.25 bits per heavy atom. The number of carbonyl (C=O) groups excluding carboxylic acids is 2. The molecule has 0 saturated carbocycles. The number of carbonyl (C=O) groups is 2. The molecule has 0 saturated heterocycles. The Morgan fingerprint density at radius 2 is 1.90 bits per heavy atom. The molecule has 1 rings (SSSR count). The molecule has 110 valence electrons. The Kier molecular flexibility index (Phi) is 7.15. The van der Waals surface area contributed by atoms with Crippen molar-refractivity contribution in [1.29, 1.82) is 0 Å². The number of nitrogens with zero attached hydrogens (tertiary/aromatic N) is 1. The van der Waals surface area contributed by atoms with Gasteiger partial charge in [0.15, 0.2) is 0 Å². The molecule has 0 aromatic heterocycles. The molecule has 0 aliphatic heterocycles. The van der Waals surface area contributed by atoms with E-state index in [9.17, 15) is 9.59 Å². The van der Waals surface area contributed by atoms with Crippen molar-refractivity contribution >= 4 is 23.6 Å². The van der Waals surface area contributed by atoms with E-state index in [0.29, 0.717) is 18.7 Å². The molecule has 0 atom stereocenters. The van der Waals surface area contributed by atoms with Gasteiger partial charge in [-0.05, 0) is 26.0 Å². The minimum Gasteiger partial charge on any atom is -0.468 e. The van der Waals surface area contributed by atoms with Crippen LogP contribution in [0.5, 0.6) is 0 Å². The summed E-state index contributed by atoms with van der Waals surface area (Å²) in [5, 5.41) is 0. The molecule has 1 aromatic rings. The molecular weight excluding hydrogens is 274 g/mol. The van der Waals surface area contributed by atoms with Crippen molar-refractivity contribution in [3.8, 4) is 0 Å². The number of hydrogen-bond donors (Lipinski definition) is 0. The molecule has 0 bridgehead atoms. The number of hydrogen-bond acceptors (Lipinski definition) is 4. The molecule has 1 aromatic carbocycles. The largest absolute Gasteiger partial charge is 0.468 e. The van der Waals surface area contributed by atoms with E-state index < -0.39 is 0 Å². The number of amides is 1. The SMILES string of the molecule is CCN(CC(=O)OC)C(=O)CCSc1ccc(C)cc1. The van der Waals surface area contributed by atoms with Crippen LogP contribution in [0.4, 0.5) is 0 Å². The quantitative estimate of drug-likeness (QED) is 0.573. The lowest BCUT2D eigenvalue weighted by Crippen LogP contribution is -2.36. The highest BCUT2D eigenvalue weighted by atomic mass is 32.2. The molecule has 0 unspecified atom stereocenters. The van der Waals surface area contributed by atoms with Gasteiger partial charge in [-0.15, -0.1) is 11.8 Å². The first kappa shape index (κ1) is 16.6. The third kappa shape index (κ3) is 5.65. The molecule has 5 heteroatoms. The second kappa shape index (κ2) is 8.64. The highest BCUT2D eigenvalue weighted by Gasteiger charge is 2.15. The monoisotopic (exact) mass is 295 g/mol. The average molecular weight is 295 g/mol. The maximum atomic E-state index is 12.0. The number of likely N-dealkylation sites (N-methyl/N-ethyl adjacent to an activating group) is 1. The minimum absolute atomic E-state index is 0.0162. The van der Waals surface area contributed by atoms with Gasteiger partial charge in [0.1, 0.15) is 6.54 Å². The lowest BCUT2D eigenvalue weighted by Gasteiger charge is -2.19. The van der Waals surface area contributed by atoms with Gasteiger partial charge < -0.3 is 9.64 Å². The molecule has 1 amide bonds. The van der Waals surface area contributed by atoms with Crippen molar-refractivity contribution in [1.82, 2.24) is 4.90 Å². The molecule has 0 spiro atoms. The van der Waals surface area contributed by atoms with E-state index in [4.69, 9.17) is 0 Å². The Hall–Kier alpha value is -1.49. The third-order valence-corrected chi connectivity index (χ3v) is 3.90. The maximum Gasteiger partial charge on any atom is 0.325 e. The van der Waals surface area contributed by atoms with Gasteiger partial charge in [-0.2, -0.15) is 0 Å². The van der Waals surface area contributed by atoms with Gasteiger partial charge >= 0.3 is 5.97 Å². The Balaban J connectivity index is 2.37. The summed E-state index contributed by atoms with van der Waals surface area (Å²) in [6, 6.07) is 8.21. The first-order chi connectivity index (χ1) is 9.56. The first-order valence-corrected chi connectivity index (χ1v) is 7.59. The number of aryl methyl sites for hydroxylation is 1. The summed E-state index contributed by atoms with van der Waals surface area (Å²) in [6.07, 6.45) is 0.420. The van der Waals surface area contributed by atoms with Gasteiger partial charge in [-0.25, -0.2) is 0 Å². The lowest BCUT2D eigenvalue weighted by atomic mass is 10.2. The average Bonchev–Trinajstić information content (AvgIpc) is 2.46. The maximum absolute atomic E-state index is 12.0.